The van der Waals surface area contributed by atoms with Crippen LogP contribution in [0.15, 0.2) is 24.3 Å². The third-order valence-electron chi connectivity index (χ3n) is 2.77. The zero-order chi connectivity index (χ0) is 14.3. The van der Waals surface area contributed by atoms with Crippen LogP contribution in [0.5, 0.6) is 0 Å². The summed E-state index contributed by atoms with van der Waals surface area (Å²) in [5.41, 5.74) is 0.894. The fourth-order valence-corrected chi connectivity index (χ4v) is 3.08. The van der Waals surface area contributed by atoms with Gasteiger partial charge in [-0.15, -0.1) is 0 Å². The number of nitrogens with one attached hydrogen (secondary N) is 1. The molecule has 0 amide bonds. The second-order valence-corrected chi connectivity index (χ2v) is 7.04. The van der Waals surface area contributed by atoms with Crippen LogP contribution < -0.4 is 5.32 Å². The lowest BCUT2D eigenvalue weighted by Crippen LogP contribution is -2.30. The van der Waals surface area contributed by atoms with E-state index in [-0.39, 0.29) is 5.75 Å². The van der Waals surface area contributed by atoms with Crippen LogP contribution in [0.2, 0.25) is 5.02 Å². The van der Waals surface area contributed by atoms with Crippen LogP contribution in [0.4, 0.5) is 0 Å². The normalized spacial score (nSPS) is 12.0. The molecule has 0 aliphatic carbocycles. The summed E-state index contributed by atoms with van der Waals surface area (Å²) in [6, 6.07) is 7.25. The highest BCUT2D eigenvalue weighted by atomic mass is 35.5. The predicted octanol–water partition coefficient (Wildman–Crippen LogP) is 2.10. The number of nitrogens with zero attached hydrogens (tertiary/aromatic N) is 1. The Labute approximate surface area is 120 Å². The van der Waals surface area contributed by atoms with Crippen LogP contribution in [-0.4, -0.2) is 38.6 Å². The monoisotopic (exact) mass is 304 g/mol. The van der Waals surface area contributed by atoms with E-state index in [1.165, 1.54) is 4.31 Å². The van der Waals surface area contributed by atoms with Gasteiger partial charge in [-0.2, -0.15) is 0 Å². The number of sulfonamides is 1. The number of hydrogen-bond acceptors (Lipinski definition) is 3. The van der Waals surface area contributed by atoms with Gasteiger partial charge in [0, 0.05) is 18.6 Å². The molecule has 0 spiro atoms. The lowest BCUT2D eigenvalue weighted by Gasteiger charge is -2.17. The molecule has 0 aliphatic rings. The maximum absolute atomic E-state index is 12.0. The Morgan fingerprint density at radius 1 is 1.37 bits per heavy atom. The molecular weight excluding hydrogens is 284 g/mol. The van der Waals surface area contributed by atoms with Crippen LogP contribution >= 0.6 is 11.6 Å². The molecule has 0 saturated heterocycles. The Hall–Kier alpha value is -0.620. The van der Waals surface area contributed by atoms with Crippen molar-refractivity contribution in [3.63, 3.8) is 0 Å². The van der Waals surface area contributed by atoms with Gasteiger partial charge in [0.15, 0.2) is 0 Å². The number of halogens is 1. The van der Waals surface area contributed by atoms with Crippen LogP contribution in [-0.2, 0) is 16.6 Å². The van der Waals surface area contributed by atoms with Gasteiger partial charge < -0.3 is 5.32 Å². The Balaban J connectivity index is 2.53. The molecule has 4 nitrogen and oxygen atoms in total. The molecule has 0 saturated carbocycles. The van der Waals surface area contributed by atoms with E-state index in [4.69, 9.17) is 11.6 Å². The molecule has 1 rings (SSSR count). The topological polar surface area (TPSA) is 49.4 Å². The average molecular weight is 305 g/mol. The average Bonchev–Trinajstić information content (AvgIpc) is 2.34. The van der Waals surface area contributed by atoms with Crippen molar-refractivity contribution in [1.82, 2.24) is 9.62 Å². The molecule has 1 aromatic carbocycles. The summed E-state index contributed by atoms with van der Waals surface area (Å²) in [6.45, 7) is 3.93. The predicted molar refractivity (Wildman–Crippen MR) is 79.9 cm³/mol. The van der Waals surface area contributed by atoms with Crippen LogP contribution in [0.3, 0.4) is 0 Å². The molecule has 0 radical (unpaired) electrons. The Morgan fingerprint density at radius 2 is 2.11 bits per heavy atom. The molecule has 0 aromatic heterocycles. The van der Waals surface area contributed by atoms with Gasteiger partial charge in [-0.3, -0.25) is 0 Å². The zero-order valence-electron chi connectivity index (χ0n) is 11.4. The van der Waals surface area contributed by atoms with Crippen molar-refractivity contribution in [1.29, 1.82) is 0 Å². The van der Waals surface area contributed by atoms with Gasteiger partial charge in [0.25, 0.3) is 0 Å². The largest absolute Gasteiger partial charge is 0.317 e. The third-order valence-corrected chi connectivity index (χ3v) is 4.89. The van der Waals surface area contributed by atoms with Gasteiger partial charge in [0.1, 0.15) is 0 Å². The molecule has 0 fully saturated rings. The first-order valence-electron chi connectivity index (χ1n) is 6.35. The maximum Gasteiger partial charge on any atom is 0.214 e. The minimum absolute atomic E-state index is 0.164. The van der Waals surface area contributed by atoms with Crippen LogP contribution in [0.25, 0.3) is 0 Å². The second kappa shape index (κ2) is 7.85. The van der Waals surface area contributed by atoms with E-state index in [2.05, 4.69) is 5.32 Å². The lowest BCUT2D eigenvalue weighted by atomic mass is 10.2. The van der Waals surface area contributed by atoms with E-state index in [1.54, 1.807) is 19.2 Å². The highest BCUT2D eigenvalue weighted by Gasteiger charge is 2.17. The quantitative estimate of drug-likeness (QED) is 0.748. The molecule has 0 aliphatic heterocycles. The van der Waals surface area contributed by atoms with Crippen molar-refractivity contribution >= 4 is 21.6 Å². The van der Waals surface area contributed by atoms with Crippen molar-refractivity contribution in [2.45, 2.75) is 19.9 Å². The van der Waals surface area contributed by atoms with Gasteiger partial charge >= 0.3 is 0 Å². The first-order valence-corrected chi connectivity index (χ1v) is 8.33. The molecule has 19 heavy (non-hydrogen) atoms. The molecule has 0 heterocycles. The summed E-state index contributed by atoms with van der Waals surface area (Å²) in [5, 5.41) is 3.74. The molecule has 0 unspecified atom stereocenters. The van der Waals surface area contributed by atoms with Crippen LogP contribution in [0.1, 0.15) is 18.9 Å². The van der Waals surface area contributed by atoms with Crippen LogP contribution in [0, 0.1) is 0 Å². The van der Waals surface area contributed by atoms with Gasteiger partial charge in [0.05, 0.1) is 5.75 Å². The minimum atomic E-state index is -3.20. The summed E-state index contributed by atoms with van der Waals surface area (Å²) in [5.74, 6) is 0.164. The van der Waals surface area contributed by atoms with Crippen molar-refractivity contribution in [3.05, 3.63) is 34.9 Å². The Bertz CT molecular complexity index is 491. The first-order chi connectivity index (χ1) is 8.95. The maximum atomic E-state index is 12.0. The standard InChI is InChI=1S/C13H21ClN2O2S/c1-3-15-8-5-9-19(17,18)16(2)11-12-6-4-7-13(14)10-12/h4,6-7,10,15H,3,5,8-9,11H2,1-2H3. The van der Waals surface area contributed by atoms with E-state index < -0.39 is 10.0 Å². The number of rotatable bonds is 8. The van der Waals surface area contributed by atoms with Gasteiger partial charge in [-0.05, 0) is 37.2 Å². The first kappa shape index (κ1) is 16.4. The summed E-state index contributed by atoms with van der Waals surface area (Å²) in [4.78, 5) is 0. The van der Waals surface area contributed by atoms with E-state index in [0.717, 1.165) is 18.7 Å². The Morgan fingerprint density at radius 3 is 2.74 bits per heavy atom. The smallest absolute Gasteiger partial charge is 0.214 e. The molecule has 6 heteroatoms. The van der Waals surface area contributed by atoms with E-state index in [9.17, 15) is 8.42 Å². The van der Waals surface area contributed by atoms with E-state index in [0.29, 0.717) is 18.0 Å². The van der Waals surface area contributed by atoms with E-state index in [1.807, 2.05) is 19.1 Å². The summed E-state index contributed by atoms with van der Waals surface area (Å²) < 4.78 is 25.5. The Kier molecular flexibility index (Phi) is 6.79. The fourth-order valence-electron chi connectivity index (χ4n) is 1.70. The molecule has 108 valence electrons. The molecule has 0 bridgehead atoms. The van der Waals surface area contributed by atoms with Crippen molar-refractivity contribution in [2.75, 3.05) is 25.9 Å². The molecule has 1 N–H and O–H groups in total. The highest BCUT2D eigenvalue weighted by molar-refractivity contribution is 7.89. The highest BCUT2D eigenvalue weighted by Crippen LogP contribution is 2.14. The molecule has 1 aromatic rings. The van der Waals surface area contributed by atoms with Crippen molar-refractivity contribution in [2.24, 2.45) is 0 Å². The summed E-state index contributed by atoms with van der Waals surface area (Å²) >= 11 is 5.88. The fraction of sp³-hybridized carbons (Fsp3) is 0.538. The lowest BCUT2D eigenvalue weighted by molar-refractivity contribution is 0.464. The van der Waals surface area contributed by atoms with Crippen molar-refractivity contribution < 1.29 is 8.42 Å². The second-order valence-electron chi connectivity index (χ2n) is 4.41. The molecular formula is C13H21ClN2O2S. The molecule has 0 atom stereocenters. The third kappa shape index (κ3) is 5.91. The minimum Gasteiger partial charge on any atom is -0.317 e. The zero-order valence-corrected chi connectivity index (χ0v) is 13.0. The van der Waals surface area contributed by atoms with E-state index >= 15 is 0 Å². The summed E-state index contributed by atoms with van der Waals surface area (Å²) in [7, 11) is -1.60. The van der Waals surface area contributed by atoms with Gasteiger partial charge in [0.2, 0.25) is 10.0 Å². The number of benzene rings is 1. The van der Waals surface area contributed by atoms with Crippen molar-refractivity contribution in [3.8, 4) is 0 Å². The van der Waals surface area contributed by atoms with Gasteiger partial charge in [-0.1, -0.05) is 30.7 Å². The summed E-state index contributed by atoms with van der Waals surface area (Å²) in [6.07, 6.45) is 0.621. The van der Waals surface area contributed by atoms with Gasteiger partial charge in [-0.25, -0.2) is 12.7 Å². The SMILES string of the molecule is CCNCCCS(=O)(=O)N(C)Cc1cccc(Cl)c1. The number of hydrogen-bond donors (Lipinski definition) is 1.